The number of hydrogen-bond acceptors (Lipinski definition) is 8. The second-order valence-corrected chi connectivity index (χ2v) is 7.40. The molecule has 0 amide bonds. The number of methoxy groups -OCH3 is 1. The lowest BCUT2D eigenvalue weighted by Gasteiger charge is -2.25. The number of aliphatic hydroxyl groups is 1. The smallest absolute Gasteiger partial charge is 0.436 e. The SMILES string of the molecule is [B][C@@H]1O[C@H](CO)C(OP(=O)(O)C(=O)OCc2ccccc2)C1OCCOC. The van der Waals surface area contributed by atoms with Crippen LogP contribution in [0.1, 0.15) is 5.56 Å². The van der Waals surface area contributed by atoms with Crippen molar-refractivity contribution in [2.24, 2.45) is 0 Å². The van der Waals surface area contributed by atoms with Crippen LogP contribution in [-0.4, -0.2) is 74.8 Å². The monoisotopic (exact) mass is 400 g/mol. The van der Waals surface area contributed by atoms with E-state index in [0.29, 0.717) is 5.56 Å². The van der Waals surface area contributed by atoms with Crippen LogP contribution in [0.4, 0.5) is 4.79 Å². The van der Waals surface area contributed by atoms with Gasteiger partial charge in [0.2, 0.25) is 0 Å². The lowest BCUT2D eigenvalue weighted by atomic mass is 9.93. The molecule has 27 heavy (non-hydrogen) atoms. The van der Waals surface area contributed by atoms with Crippen LogP contribution in [0.25, 0.3) is 0 Å². The van der Waals surface area contributed by atoms with E-state index in [4.69, 9.17) is 31.3 Å². The predicted molar refractivity (Wildman–Crippen MR) is 94.4 cm³/mol. The van der Waals surface area contributed by atoms with Gasteiger partial charge in [0.05, 0.1) is 19.8 Å². The minimum Gasteiger partial charge on any atom is -0.452 e. The van der Waals surface area contributed by atoms with E-state index in [1.54, 1.807) is 30.3 Å². The third kappa shape index (κ3) is 6.12. The molecule has 2 N–H and O–H groups in total. The number of rotatable bonds is 10. The van der Waals surface area contributed by atoms with Crippen LogP contribution >= 0.6 is 7.60 Å². The molecular formula is C16H22BO9P. The van der Waals surface area contributed by atoms with Crippen molar-refractivity contribution < 1.29 is 42.8 Å². The van der Waals surface area contributed by atoms with Gasteiger partial charge in [-0.1, -0.05) is 30.3 Å². The van der Waals surface area contributed by atoms with Gasteiger partial charge in [-0.2, -0.15) is 0 Å². The first kappa shape index (κ1) is 22.0. The molecule has 1 aliphatic rings. The molecule has 0 spiro atoms. The number of carbonyl (C=O) groups excluding carboxylic acids is 1. The van der Waals surface area contributed by atoms with Crippen LogP contribution in [0.2, 0.25) is 0 Å². The van der Waals surface area contributed by atoms with Gasteiger partial charge in [0.25, 0.3) is 0 Å². The average molecular weight is 400 g/mol. The van der Waals surface area contributed by atoms with Gasteiger partial charge in [-0.15, -0.1) is 0 Å². The molecule has 1 saturated heterocycles. The van der Waals surface area contributed by atoms with Crippen LogP contribution < -0.4 is 0 Å². The normalized spacial score (nSPS) is 27.2. The van der Waals surface area contributed by atoms with Gasteiger partial charge in [0.1, 0.15) is 32.8 Å². The highest BCUT2D eigenvalue weighted by Gasteiger charge is 2.49. The first-order valence-electron chi connectivity index (χ1n) is 8.24. The minimum atomic E-state index is -4.84. The second kappa shape index (κ2) is 10.3. The zero-order valence-corrected chi connectivity index (χ0v) is 15.7. The van der Waals surface area contributed by atoms with Crippen molar-refractivity contribution in [2.75, 3.05) is 26.9 Å². The Hall–Kier alpha value is -1.26. The zero-order valence-electron chi connectivity index (χ0n) is 14.8. The molecule has 9 nitrogen and oxygen atoms in total. The maximum Gasteiger partial charge on any atom is 0.436 e. The van der Waals surface area contributed by atoms with Crippen molar-refractivity contribution in [2.45, 2.75) is 30.9 Å². The molecule has 3 unspecified atom stereocenters. The average Bonchev–Trinajstić information content (AvgIpc) is 2.95. The molecule has 2 radical (unpaired) electrons. The highest BCUT2D eigenvalue weighted by atomic mass is 31.2. The zero-order chi connectivity index (χ0) is 19.9. The van der Waals surface area contributed by atoms with Gasteiger partial charge in [0.15, 0.2) is 0 Å². The van der Waals surface area contributed by atoms with E-state index in [1.807, 2.05) is 0 Å². The Balaban J connectivity index is 2.00. The van der Waals surface area contributed by atoms with E-state index in [1.165, 1.54) is 7.11 Å². The molecule has 11 heteroatoms. The Labute approximate surface area is 158 Å². The maximum atomic E-state index is 12.3. The molecule has 148 valence electrons. The summed E-state index contributed by atoms with van der Waals surface area (Å²) in [6.45, 7) is -0.368. The Morgan fingerprint density at radius 2 is 1.96 bits per heavy atom. The Morgan fingerprint density at radius 1 is 1.26 bits per heavy atom. The fourth-order valence-corrected chi connectivity index (χ4v) is 3.40. The summed E-state index contributed by atoms with van der Waals surface area (Å²) in [6, 6.07) is 7.65. The van der Waals surface area contributed by atoms with Gasteiger partial charge >= 0.3 is 13.3 Å². The highest BCUT2D eigenvalue weighted by Crippen LogP contribution is 2.48. The first-order valence-corrected chi connectivity index (χ1v) is 9.81. The van der Waals surface area contributed by atoms with Crippen LogP contribution in [-0.2, 0) is 34.6 Å². The number of ether oxygens (including phenoxy) is 4. The van der Waals surface area contributed by atoms with E-state index >= 15 is 0 Å². The summed E-state index contributed by atoms with van der Waals surface area (Å²) in [5, 5.41) is 9.40. The summed E-state index contributed by atoms with van der Waals surface area (Å²) in [7, 11) is 2.41. The van der Waals surface area contributed by atoms with Crippen molar-refractivity contribution in [1.82, 2.24) is 0 Å². The first-order chi connectivity index (χ1) is 12.9. The Bertz CT molecular complexity index is 644. The van der Waals surface area contributed by atoms with E-state index in [-0.39, 0.29) is 19.8 Å². The number of benzene rings is 1. The molecule has 0 saturated carbocycles. The lowest BCUT2D eigenvalue weighted by Crippen LogP contribution is -2.39. The van der Waals surface area contributed by atoms with Crippen molar-refractivity contribution in [1.29, 1.82) is 0 Å². The molecule has 1 fully saturated rings. The summed E-state index contributed by atoms with van der Waals surface area (Å²) < 4.78 is 37.9. The molecule has 1 heterocycles. The molecule has 1 aromatic carbocycles. The molecule has 0 aromatic heterocycles. The summed E-state index contributed by atoms with van der Waals surface area (Å²) in [5.41, 5.74) is -0.773. The van der Waals surface area contributed by atoms with Crippen LogP contribution in [0.5, 0.6) is 0 Å². The van der Waals surface area contributed by atoms with Crippen molar-refractivity contribution in [3.63, 3.8) is 0 Å². The van der Waals surface area contributed by atoms with Crippen LogP contribution in [0.15, 0.2) is 30.3 Å². The molecular weight excluding hydrogens is 378 g/mol. The summed E-state index contributed by atoms with van der Waals surface area (Å²) in [5.74, 6) is 0. The molecule has 5 atom stereocenters. The minimum absolute atomic E-state index is 0.115. The number of carbonyl (C=O) groups is 1. The van der Waals surface area contributed by atoms with E-state index in [0.717, 1.165) is 0 Å². The number of hydrogen-bond donors (Lipinski definition) is 2. The third-order valence-electron chi connectivity index (χ3n) is 3.82. The van der Waals surface area contributed by atoms with E-state index in [2.05, 4.69) is 0 Å². The Kier molecular flexibility index (Phi) is 8.43. The van der Waals surface area contributed by atoms with Gasteiger partial charge in [-0.3, -0.25) is 4.52 Å². The van der Waals surface area contributed by atoms with Gasteiger partial charge in [-0.25, -0.2) is 9.36 Å². The van der Waals surface area contributed by atoms with Gasteiger partial charge in [-0.05, 0) is 5.56 Å². The fraction of sp³-hybridized carbons (Fsp3) is 0.562. The van der Waals surface area contributed by atoms with Gasteiger partial charge in [0, 0.05) is 13.1 Å². The largest absolute Gasteiger partial charge is 0.452 e. The second-order valence-electron chi connectivity index (χ2n) is 5.78. The standard InChI is InChI=1S/C16H22BO9P/c1-22-7-8-23-14-13(12(9-18)25-15(14)17)26-27(20,21)16(19)24-10-11-5-3-2-4-6-11/h2-6,12-15,18H,7-10H2,1H3,(H,20,21)/t12-,13?,14?,15-/m1/s1. The summed E-state index contributed by atoms with van der Waals surface area (Å²) in [6.07, 6.45) is -3.24. The molecule has 0 bridgehead atoms. The highest BCUT2D eigenvalue weighted by molar-refractivity contribution is 7.70. The predicted octanol–water partition coefficient (Wildman–Crippen LogP) is 0.811. The molecule has 1 aromatic rings. The summed E-state index contributed by atoms with van der Waals surface area (Å²) in [4.78, 5) is 22.0. The third-order valence-corrected chi connectivity index (χ3v) is 4.94. The fourth-order valence-electron chi connectivity index (χ4n) is 2.50. The quantitative estimate of drug-likeness (QED) is 0.334. The van der Waals surface area contributed by atoms with Crippen LogP contribution in [0.3, 0.4) is 0 Å². The Morgan fingerprint density at radius 3 is 2.59 bits per heavy atom. The lowest BCUT2D eigenvalue weighted by molar-refractivity contribution is -0.0345. The van der Waals surface area contributed by atoms with Crippen LogP contribution in [0, 0.1) is 0 Å². The molecule has 1 aliphatic heterocycles. The van der Waals surface area contributed by atoms with Crippen molar-refractivity contribution >= 4 is 21.2 Å². The van der Waals surface area contributed by atoms with Crippen molar-refractivity contribution in [3.05, 3.63) is 35.9 Å². The van der Waals surface area contributed by atoms with Gasteiger partial charge < -0.3 is 28.9 Å². The molecule has 0 aliphatic carbocycles. The van der Waals surface area contributed by atoms with Crippen molar-refractivity contribution in [3.8, 4) is 0 Å². The van der Waals surface area contributed by atoms with E-state index < -0.39 is 44.2 Å². The van der Waals surface area contributed by atoms with E-state index in [9.17, 15) is 19.4 Å². The molecule has 2 rings (SSSR count). The summed E-state index contributed by atoms with van der Waals surface area (Å²) >= 11 is 0. The number of aliphatic hydroxyl groups excluding tert-OH is 1. The topological polar surface area (TPSA) is 121 Å². The maximum absolute atomic E-state index is 12.3.